The Hall–Kier alpha value is -3.17. The monoisotopic (exact) mass is 366 g/mol. The largest absolute Gasteiger partial charge is 0.497 e. The molecule has 8 nitrogen and oxygen atoms in total. The molecule has 0 saturated carbocycles. The van der Waals surface area contributed by atoms with Gasteiger partial charge in [0.05, 0.1) is 7.11 Å². The van der Waals surface area contributed by atoms with E-state index < -0.39 is 35.5 Å². The molecule has 1 saturated heterocycles. The number of urea groups is 1. The number of nitrogens with zero attached hydrogens (tertiary/aromatic N) is 1. The predicted octanol–water partition coefficient (Wildman–Crippen LogP) is 1.67. The first-order chi connectivity index (χ1) is 12.4. The lowest BCUT2D eigenvalue weighted by atomic mass is 9.93. The van der Waals surface area contributed by atoms with Crippen molar-refractivity contribution in [2.45, 2.75) is 18.9 Å². The molecule has 0 radical (unpaired) electrons. The standard InChI is InChI=1S/C16H16F2N4O4/c1-7-3-12(22-26-7)20-16(24)21-14-9(6-19-15(14)23)13-10(17)4-8(25-2)5-11(13)18/h3-5,9,14H,6H2,1-2H3,(H,19,23)(H2,20,21,22,24). The van der Waals surface area contributed by atoms with E-state index in [9.17, 15) is 18.4 Å². The Labute approximate surface area is 146 Å². The van der Waals surface area contributed by atoms with Crippen LogP contribution < -0.4 is 20.7 Å². The lowest BCUT2D eigenvalue weighted by molar-refractivity contribution is -0.120. The molecule has 26 heavy (non-hydrogen) atoms. The van der Waals surface area contributed by atoms with Gasteiger partial charge in [-0.3, -0.25) is 10.1 Å². The molecular weight excluding hydrogens is 350 g/mol. The fourth-order valence-corrected chi connectivity index (χ4v) is 2.81. The zero-order valence-corrected chi connectivity index (χ0v) is 13.9. The molecule has 0 bridgehead atoms. The van der Waals surface area contributed by atoms with E-state index >= 15 is 0 Å². The Bertz CT molecular complexity index is 832. The number of carbonyl (C=O) groups is 2. The van der Waals surface area contributed by atoms with Gasteiger partial charge in [0.2, 0.25) is 5.91 Å². The first kappa shape index (κ1) is 17.6. The van der Waals surface area contributed by atoms with Crippen LogP contribution in [0.1, 0.15) is 17.2 Å². The van der Waals surface area contributed by atoms with Crippen molar-refractivity contribution < 1.29 is 27.6 Å². The molecule has 1 aromatic heterocycles. The molecule has 2 heterocycles. The minimum absolute atomic E-state index is 0.0182. The minimum atomic E-state index is -1.15. The average molecular weight is 366 g/mol. The van der Waals surface area contributed by atoms with Gasteiger partial charge in [-0.2, -0.15) is 0 Å². The first-order valence-electron chi connectivity index (χ1n) is 7.70. The number of halogens is 2. The second-order valence-corrected chi connectivity index (χ2v) is 5.76. The molecule has 2 atom stereocenters. The number of amides is 3. The quantitative estimate of drug-likeness (QED) is 0.763. The van der Waals surface area contributed by atoms with Crippen LogP contribution in [0.25, 0.3) is 0 Å². The van der Waals surface area contributed by atoms with Crippen LogP contribution in [0.3, 0.4) is 0 Å². The Balaban J connectivity index is 1.80. The SMILES string of the molecule is COc1cc(F)c(C2CNC(=O)C2NC(=O)Nc2cc(C)on2)c(F)c1. The summed E-state index contributed by atoms with van der Waals surface area (Å²) in [6.07, 6.45) is 0. The highest BCUT2D eigenvalue weighted by molar-refractivity contribution is 5.94. The molecule has 2 unspecified atom stereocenters. The van der Waals surface area contributed by atoms with Crippen molar-refractivity contribution in [2.24, 2.45) is 0 Å². The van der Waals surface area contributed by atoms with Crippen molar-refractivity contribution in [2.75, 3.05) is 19.0 Å². The van der Waals surface area contributed by atoms with E-state index in [-0.39, 0.29) is 23.7 Å². The van der Waals surface area contributed by atoms with Crippen molar-refractivity contribution in [1.82, 2.24) is 15.8 Å². The van der Waals surface area contributed by atoms with Gasteiger partial charge in [-0.1, -0.05) is 5.16 Å². The van der Waals surface area contributed by atoms with E-state index in [1.165, 1.54) is 13.2 Å². The molecule has 2 aromatic rings. The highest BCUT2D eigenvalue weighted by atomic mass is 19.1. The maximum atomic E-state index is 14.3. The van der Waals surface area contributed by atoms with Crippen molar-refractivity contribution in [3.63, 3.8) is 0 Å². The number of ether oxygens (including phenoxy) is 1. The second kappa shape index (κ2) is 6.98. The third-order valence-corrected chi connectivity index (χ3v) is 4.00. The van der Waals surface area contributed by atoms with Crippen LogP contribution in [0.5, 0.6) is 5.75 Å². The van der Waals surface area contributed by atoms with Crippen molar-refractivity contribution in [1.29, 1.82) is 0 Å². The molecule has 3 rings (SSSR count). The molecule has 3 N–H and O–H groups in total. The summed E-state index contributed by atoms with van der Waals surface area (Å²) in [4.78, 5) is 24.1. The molecule has 1 aromatic carbocycles. The van der Waals surface area contributed by atoms with E-state index in [1.807, 2.05) is 0 Å². The van der Waals surface area contributed by atoms with Gasteiger partial charge >= 0.3 is 6.03 Å². The summed E-state index contributed by atoms with van der Waals surface area (Å²) < 4.78 is 38.3. The van der Waals surface area contributed by atoms with Crippen LogP contribution in [0.2, 0.25) is 0 Å². The van der Waals surface area contributed by atoms with Crippen LogP contribution in [-0.4, -0.2) is 36.8 Å². The first-order valence-corrected chi connectivity index (χ1v) is 7.70. The summed E-state index contributed by atoms with van der Waals surface area (Å²) in [5.74, 6) is -2.53. The van der Waals surface area contributed by atoms with Gasteiger partial charge in [0.1, 0.15) is 29.2 Å². The van der Waals surface area contributed by atoms with Gasteiger partial charge < -0.3 is 19.9 Å². The van der Waals surface area contributed by atoms with E-state index in [2.05, 4.69) is 21.1 Å². The Morgan fingerprint density at radius 2 is 2.04 bits per heavy atom. The zero-order valence-electron chi connectivity index (χ0n) is 13.9. The normalized spacial score (nSPS) is 19.2. The van der Waals surface area contributed by atoms with Gasteiger partial charge in [0.15, 0.2) is 5.82 Å². The smallest absolute Gasteiger partial charge is 0.321 e. The summed E-state index contributed by atoms with van der Waals surface area (Å²) in [6, 6.07) is 1.63. The van der Waals surface area contributed by atoms with Crippen molar-refractivity contribution in [3.05, 3.63) is 41.2 Å². The molecule has 0 spiro atoms. The number of methoxy groups -OCH3 is 1. The van der Waals surface area contributed by atoms with E-state index in [0.717, 1.165) is 12.1 Å². The van der Waals surface area contributed by atoms with Gasteiger partial charge in [0, 0.05) is 36.2 Å². The fraction of sp³-hybridized carbons (Fsp3) is 0.312. The molecule has 1 fully saturated rings. The molecule has 1 aliphatic heterocycles. The highest BCUT2D eigenvalue weighted by Gasteiger charge is 2.40. The summed E-state index contributed by atoms with van der Waals surface area (Å²) >= 11 is 0. The lowest BCUT2D eigenvalue weighted by Crippen LogP contribution is -2.45. The third-order valence-electron chi connectivity index (χ3n) is 4.00. The number of rotatable bonds is 4. The highest BCUT2D eigenvalue weighted by Crippen LogP contribution is 2.31. The van der Waals surface area contributed by atoms with Gasteiger partial charge in [0.25, 0.3) is 0 Å². The number of hydrogen-bond acceptors (Lipinski definition) is 5. The van der Waals surface area contributed by atoms with E-state index in [4.69, 9.17) is 9.26 Å². The summed E-state index contributed by atoms with van der Waals surface area (Å²) in [5.41, 5.74) is -0.299. The Morgan fingerprint density at radius 3 is 2.62 bits per heavy atom. The van der Waals surface area contributed by atoms with Gasteiger partial charge in [-0.05, 0) is 6.92 Å². The summed E-state index contributed by atoms with van der Waals surface area (Å²) in [5, 5.41) is 10.9. The summed E-state index contributed by atoms with van der Waals surface area (Å²) in [7, 11) is 1.29. The molecular formula is C16H16F2N4O4. The number of benzene rings is 1. The topological polar surface area (TPSA) is 105 Å². The fourth-order valence-electron chi connectivity index (χ4n) is 2.81. The minimum Gasteiger partial charge on any atom is -0.497 e. The van der Waals surface area contributed by atoms with E-state index in [1.54, 1.807) is 6.92 Å². The number of aryl methyl sites for hydroxylation is 1. The average Bonchev–Trinajstić information content (AvgIpc) is 3.14. The predicted molar refractivity (Wildman–Crippen MR) is 85.8 cm³/mol. The number of aromatic nitrogens is 1. The summed E-state index contributed by atoms with van der Waals surface area (Å²) in [6.45, 7) is 1.62. The molecule has 138 valence electrons. The van der Waals surface area contributed by atoms with Crippen LogP contribution in [-0.2, 0) is 4.79 Å². The van der Waals surface area contributed by atoms with Crippen LogP contribution in [0, 0.1) is 18.6 Å². The van der Waals surface area contributed by atoms with Crippen LogP contribution in [0.4, 0.5) is 19.4 Å². The molecule has 0 aliphatic carbocycles. The van der Waals surface area contributed by atoms with Gasteiger partial charge in [-0.15, -0.1) is 0 Å². The number of nitrogens with one attached hydrogen (secondary N) is 3. The van der Waals surface area contributed by atoms with Crippen LogP contribution in [0.15, 0.2) is 22.7 Å². The second-order valence-electron chi connectivity index (χ2n) is 5.76. The maximum absolute atomic E-state index is 14.3. The number of anilines is 1. The zero-order chi connectivity index (χ0) is 18.8. The van der Waals surface area contributed by atoms with Crippen molar-refractivity contribution >= 4 is 17.8 Å². The van der Waals surface area contributed by atoms with Gasteiger partial charge in [-0.25, -0.2) is 13.6 Å². The Kier molecular flexibility index (Phi) is 4.74. The number of carbonyl (C=O) groups excluding carboxylic acids is 2. The molecule has 1 aliphatic rings. The third kappa shape index (κ3) is 3.44. The molecule has 3 amide bonds. The van der Waals surface area contributed by atoms with Crippen LogP contribution >= 0.6 is 0 Å². The van der Waals surface area contributed by atoms with Crippen molar-refractivity contribution in [3.8, 4) is 5.75 Å². The molecule has 10 heteroatoms. The Morgan fingerprint density at radius 1 is 1.35 bits per heavy atom. The maximum Gasteiger partial charge on any atom is 0.321 e. The number of hydrogen-bond donors (Lipinski definition) is 3. The van der Waals surface area contributed by atoms with E-state index in [0.29, 0.717) is 5.76 Å². The lowest BCUT2D eigenvalue weighted by Gasteiger charge is -2.20.